The average Bonchev–Trinajstić information content (AvgIpc) is 2.98. The summed E-state index contributed by atoms with van der Waals surface area (Å²) in [5.74, 6) is -10.1. The Kier molecular flexibility index (Phi) is 6.50. The number of benzene rings is 3. The molecule has 3 heterocycles. The summed E-state index contributed by atoms with van der Waals surface area (Å²) in [5.41, 5.74) is 2.90. The summed E-state index contributed by atoms with van der Waals surface area (Å²) in [6, 6.07) is 14.3. The van der Waals surface area contributed by atoms with Gasteiger partial charge in [-0.15, -0.1) is 0 Å². The van der Waals surface area contributed by atoms with Crippen LogP contribution in [0.1, 0.15) is 11.3 Å². The van der Waals surface area contributed by atoms with Crippen LogP contribution in [0.15, 0.2) is 53.7 Å². The highest BCUT2D eigenvalue weighted by Crippen LogP contribution is 2.36. The molecule has 40 heavy (non-hydrogen) atoms. The Morgan fingerprint density at radius 2 is 1.48 bits per heavy atom. The van der Waals surface area contributed by atoms with Gasteiger partial charge in [0.2, 0.25) is 21.7 Å². The number of aromatic hydroxyl groups is 1. The molecule has 3 aromatic carbocycles. The van der Waals surface area contributed by atoms with Gasteiger partial charge in [-0.25, -0.2) is 31.6 Å². The van der Waals surface area contributed by atoms with Gasteiger partial charge in [0.1, 0.15) is 12.1 Å². The van der Waals surface area contributed by atoms with Gasteiger partial charge in [-0.05, 0) is 17.9 Å². The lowest BCUT2D eigenvalue weighted by Crippen LogP contribution is -2.49. The number of fused-ring (bicyclic) bond motifs is 2. The topological polar surface area (TPSA) is 89.9 Å². The maximum atomic E-state index is 14.3. The largest absolute Gasteiger partial charge is 0.504 e. The lowest BCUT2D eigenvalue weighted by molar-refractivity contribution is 0.336. The highest BCUT2D eigenvalue weighted by molar-refractivity contribution is 7.89. The molecule has 0 aliphatic carbocycles. The molecule has 13 heteroatoms. The minimum Gasteiger partial charge on any atom is -0.504 e. The molecule has 208 valence electrons. The maximum Gasteiger partial charge on any atom is 0.250 e. The first kappa shape index (κ1) is 26.3. The van der Waals surface area contributed by atoms with E-state index in [9.17, 15) is 31.1 Å². The summed E-state index contributed by atoms with van der Waals surface area (Å²) in [6.07, 6.45) is 2.11. The molecule has 1 saturated heterocycles. The van der Waals surface area contributed by atoms with Crippen molar-refractivity contribution in [3.05, 3.63) is 83.3 Å². The second-order valence-corrected chi connectivity index (χ2v) is 11.5. The Bertz CT molecular complexity index is 1710. The van der Waals surface area contributed by atoms with E-state index >= 15 is 0 Å². The van der Waals surface area contributed by atoms with Crippen molar-refractivity contribution in [3.8, 4) is 5.75 Å². The first-order valence-corrected chi connectivity index (χ1v) is 14.0. The van der Waals surface area contributed by atoms with Crippen molar-refractivity contribution < 1.29 is 31.1 Å². The quantitative estimate of drug-likeness (QED) is 0.225. The van der Waals surface area contributed by atoms with Crippen LogP contribution in [0, 0.1) is 23.3 Å². The van der Waals surface area contributed by atoms with Crippen molar-refractivity contribution in [1.29, 1.82) is 0 Å². The SMILES string of the molecule is O=S(=O)(c1c(O)c(F)c(F)c(F)c1F)N1CCN(c2ncnc3c2CCN(c2cccc4ccccc24)C3)CC1. The fraction of sp³-hybridized carbons (Fsp3) is 0.259. The van der Waals surface area contributed by atoms with E-state index in [1.165, 1.54) is 6.33 Å². The lowest BCUT2D eigenvalue weighted by atomic mass is 10.0. The van der Waals surface area contributed by atoms with Crippen LogP contribution >= 0.6 is 0 Å². The van der Waals surface area contributed by atoms with Gasteiger partial charge in [0.15, 0.2) is 22.3 Å². The van der Waals surface area contributed by atoms with Gasteiger partial charge in [0.05, 0.1) is 12.2 Å². The number of phenols is 1. The molecule has 2 aliphatic rings. The minimum absolute atomic E-state index is 0.143. The number of rotatable bonds is 4. The Morgan fingerprint density at radius 3 is 2.25 bits per heavy atom. The van der Waals surface area contributed by atoms with Crippen molar-refractivity contribution >= 4 is 32.3 Å². The minimum atomic E-state index is -4.87. The van der Waals surface area contributed by atoms with Crippen LogP contribution in [0.25, 0.3) is 10.8 Å². The van der Waals surface area contributed by atoms with Crippen LogP contribution in [0.5, 0.6) is 5.75 Å². The number of phenolic OH excluding ortho intramolecular Hbond substituents is 1. The normalized spacial score (nSPS) is 16.4. The van der Waals surface area contributed by atoms with Crippen LogP contribution in [-0.2, 0) is 23.0 Å². The molecule has 0 unspecified atom stereocenters. The van der Waals surface area contributed by atoms with Crippen molar-refractivity contribution in [1.82, 2.24) is 14.3 Å². The van der Waals surface area contributed by atoms with E-state index in [1.54, 1.807) is 0 Å². The molecule has 0 spiro atoms. The highest BCUT2D eigenvalue weighted by atomic mass is 32.2. The second kappa shape index (κ2) is 9.89. The third-order valence-electron chi connectivity index (χ3n) is 7.43. The van der Waals surface area contributed by atoms with Crippen LogP contribution in [0.4, 0.5) is 29.1 Å². The third-order valence-corrected chi connectivity index (χ3v) is 9.36. The first-order chi connectivity index (χ1) is 19.2. The molecule has 8 nitrogen and oxygen atoms in total. The van der Waals surface area contributed by atoms with Crippen molar-refractivity contribution in [2.75, 3.05) is 42.5 Å². The van der Waals surface area contributed by atoms with Crippen LogP contribution in [-0.4, -0.2) is 60.5 Å². The van der Waals surface area contributed by atoms with Gasteiger partial charge < -0.3 is 14.9 Å². The molecule has 0 bridgehead atoms. The summed E-state index contributed by atoms with van der Waals surface area (Å²) in [6.45, 7) is 1.21. The Hall–Kier alpha value is -3.97. The van der Waals surface area contributed by atoms with Gasteiger partial charge in [-0.3, -0.25) is 0 Å². The zero-order valence-electron chi connectivity index (χ0n) is 21.0. The summed E-state index contributed by atoms with van der Waals surface area (Å²) in [5, 5.41) is 12.1. The summed E-state index contributed by atoms with van der Waals surface area (Å²) in [4.78, 5) is 11.5. The predicted molar refractivity (Wildman–Crippen MR) is 140 cm³/mol. The summed E-state index contributed by atoms with van der Waals surface area (Å²) < 4.78 is 82.2. The number of aromatic nitrogens is 2. The molecule has 1 fully saturated rings. The number of nitrogens with zero attached hydrogens (tertiary/aromatic N) is 5. The fourth-order valence-electron chi connectivity index (χ4n) is 5.40. The number of hydrogen-bond acceptors (Lipinski definition) is 7. The van der Waals surface area contributed by atoms with Crippen molar-refractivity contribution in [3.63, 3.8) is 0 Å². The second-order valence-electron chi connectivity index (χ2n) is 9.62. The van der Waals surface area contributed by atoms with E-state index in [2.05, 4.69) is 39.1 Å². The van der Waals surface area contributed by atoms with Gasteiger partial charge in [0, 0.05) is 49.4 Å². The van der Waals surface area contributed by atoms with E-state index in [4.69, 9.17) is 0 Å². The Labute approximate surface area is 227 Å². The van der Waals surface area contributed by atoms with E-state index in [0.29, 0.717) is 18.8 Å². The van der Waals surface area contributed by atoms with E-state index in [0.717, 1.165) is 38.6 Å². The molecular formula is C27H23F4N5O3S. The van der Waals surface area contributed by atoms with Gasteiger partial charge in [-0.1, -0.05) is 36.4 Å². The third kappa shape index (κ3) is 4.20. The smallest absolute Gasteiger partial charge is 0.250 e. The van der Waals surface area contributed by atoms with Gasteiger partial charge >= 0.3 is 0 Å². The first-order valence-electron chi connectivity index (χ1n) is 12.5. The Morgan fingerprint density at radius 1 is 0.775 bits per heavy atom. The number of halogens is 4. The summed E-state index contributed by atoms with van der Waals surface area (Å²) >= 11 is 0. The molecule has 6 rings (SSSR count). The van der Waals surface area contributed by atoms with Gasteiger partial charge in [0.25, 0.3) is 0 Å². The monoisotopic (exact) mass is 573 g/mol. The van der Waals surface area contributed by atoms with Crippen molar-refractivity contribution in [2.45, 2.75) is 17.9 Å². The standard InChI is InChI=1S/C27H23F4N5O3S/c28-21-22(29)24(31)26(25(37)23(21)30)40(38,39)36-12-10-34(11-13-36)27-18-8-9-35(14-19(18)32-15-33-27)20-7-3-5-16-4-1-2-6-17(16)20/h1-7,15,37H,8-14H2. The molecule has 0 amide bonds. The number of piperazine rings is 1. The fourth-order valence-corrected chi connectivity index (χ4v) is 6.96. The molecule has 0 atom stereocenters. The number of sulfonamides is 1. The van der Waals surface area contributed by atoms with Gasteiger partial charge in [-0.2, -0.15) is 8.70 Å². The molecule has 1 N–H and O–H groups in total. The molecular weight excluding hydrogens is 550 g/mol. The van der Waals surface area contributed by atoms with E-state index in [1.807, 2.05) is 23.1 Å². The molecule has 4 aromatic rings. The summed E-state index contributed by atoms with van der Waals surface area (Å²) in [7, 11) is -4.87. The predicted octanol–water partition coefficient (Wildman–Crippen LogP) is 3.97. The zero-order chi connectivity index (χ0) is 28.2. The lowest BCUT2D eigenvalue weighted by Gasteiger charge is -2.37. The molecule has 1 aromatic heterocycles. The van der Waals surface area contributed by atoms with Crippen LogP contribution < -0.4 is 9.80 Å². The number of hydrogen-bond donors (Lipinski definition) is 1. The maximum absolute atomic E-state index is 14.3. The highest BCUT2D eigenvalue weighted by Gasteiger charge is 2.38. The zero-order valence-corrected chi connectivity index (χ0v) is 21.8. The Balaban J connectivity index is 1.22. The van der Waals surface area contributed by atoms with Crippen LogP contribution in [0.2, 0.25) is 0 Å². The van der Waals surface area contributed by atoms with E-state index < -0.39 is 43.9 Å². The average molecular weight is 574 g/mol. The molecule has 2 aliphatic heterocycles. The molecule has 0 radical (unpaired) electrons. The molecule has 0 saturated carbocycles. The van der Waals surface area contributed by atoms with Crippen LogP contribution in [0.3, 0.4) is 0 Å². The van der Waals surface area contributed by atoms with E-state index in [-0.39, 0.29) is 26.2 Å². The number of anilines is 2. The van der Waals surface area contributed by atoms with Crippen molar-refractivity contribution in [2.24, 2.45) is 0 Å².